The van der Waals surface area contributed by atoms with Gasteiger partial charge in [-0.2, -0.15) is 0 Å². The van der Waals surface area contributed by atoms with Crippen molar-refractivity contribution in [3.05, 3.63) is 27.5 Å². The molecule has 0 aliphatic rings. The second-order valence-corrected chi connectivity index (χ2v) is 4.17. The number of hydrogen-bond donors (Lipinski definition) is 0. The normalized spacial score (nSPS) is 10.6. The highest BCUT2D eigenvalue weighted by atomic mass is 127. The van der Waals surface area contributed by atoms with Crippen LogP contribution in [0.2, 0.25) is 0 Å². The van der Waals surface area contributed by atoms with Gasteiger partial charge in [-0.05, 0) is 46.4 Å². The van der Waals surface area contributed by atoms with Crippen LogP contribution in [0, 0.1) is 3.57 Å². The Kier molecular flexibility index (Phi) is 6.13. The van der Waals surface area contributed by atoms with E-state index in [0.29, 0.717) is 11.5 Å². The fraction of sp³-hybridized carbons (Fsp3) is 0.333. The summed E-state index contributed by atoms with van der Waals surface area (Å²) in [6, 6.07) is 3.79. The fourth-order valence-corrected chi connectivity index (χ4v) is 2.02. The highest BCUT2D eigenvalue weighted by molar-refractivity contribution is 14.1. The third-order valence-corrected chi connectivity index (χ3v) is 3.13. The van der Waals surface area contributed by atoms with Gasteiger partial charge in [-0.1, -0.05) is 0 Å². The third kappa shape index (κ3) is 3.78. The van der Waals surface area contributed by atoms with Crippen LogP contribution in [0.3, 0.4) is 0 Å². The van der Waals surface area contributed by atoms with E-state index in [1.807, 2.05) is 18.2 Å². The van der Waals surface area contributed by atoms with Crippen LogP contribution in [0.1, 0.15) is 5.56 Å². The molecule has 0 saturated heterocycles. The molecule has 0 aliphatic heterocycles. The SMILES string of the molecule is CO/C=C/c1ccc(OC)c(OCOC)c1I. The smallest absolute Gasteiger partial charge is 0.188 e. The summed E-state index contributed by atoms with van der Waals surface area (Å²) in [5, 5.41) is 0. The Balaban J connectivity index is 3.07. The highest BCUT2D eigenvalue weighted by Gasteiger charge is 2.12. The molecule has 0 heterocycles. The minimum Gasteiger partial charge on any atom is -0.504 e. The van der Waals surface area contributed by atoms with Gasteiger partial charge in [-0.25, -0.2) is 0 Å². The monoisotopic (exact) mass is 350 g/mol. The van der Waals surface area contributed by atoms with E-state index in [9.17, 15) is 0 Å². The van der Waals surface area contributed by atoms with E-state index in [0.717, 1.165) is 9.13 Å². The van der Waals surface area contributed by atoms with Gasteiger partial charge in [0, 0.05) is 7.11 Å². The van der Waals surface area contributed by atoms with Gasteiger partial charge < -0.3 is 18.9 Å². The lowest BCUT2D eigenvalue weighted by molar-refractivity contribution is 0.0485. The summed E-state index contributed by atoms with van der Waals surface area (Å²) >= 11 is 2.20. The molecule has 0 aliphatic carbocycles. The molecule has 1 aromatic rings. The number of hydrogen-bond acceptors (Lipinski definition) is 4. The Morgan fingerprint density at radius 3 is 2.59 bits per heavy atom. The molecule has 1 rings (SSSR count). The van der Waals surface area contributed by atoms with E-state index >= 15 is 0 Å². The topological polar surface area (TPSA) is 36.9 Å². The number of benzene rings is 1. The fourth-order valence-electron chi connectivity index (χ4n) is 1.24. The minimum atomic E-state index is 0.184. The first-order valence-corrected chi connectivity index (χ1v) is 6.00. The van der Waals surface area contributed by atoms with E-state index in [2.05, 4.69) is 22.6 Å². The molecule has 94 valence electrons. The molecule has 17 heavy (non-hydrogen) atoms. The van der Waals surface area contributed by atoms with Crippen molar-refractivity contribution in [3.8, 4) is 11.5 Å². The summed E-state index contributed by atoms with van der Waals surface area (Å²) in [7, 11) is 4.79. The van der Waals surface area contributed by atoms with Crippen molar-refractivity contribution in [3.63, 3.8) is 0 Å². The van der Waals surface area contributed by atoms with Crippen LogP contribution in [0.15, 0.2) is 18.4 Å². The van der Waals surface area contributed by atoms with Crippen molar-refractivity contribution in [2.45, 2.75) is 0 Å². The molecule has 0 fully saturated rings. The number of rotatable bonds is 6. The average Bonchev–Trinajstić information content (AvgIpc) is 2.35. The van der Waals surface area contributed by atoms with Gasteiger partial charge in [-0.15, -0.1) is 0 Å². The van der Waals surface area contributed by atoms with Crippen molar-refractivity contribution in [1.82, 2.24) is 0 Å². The summed E-state index contributed by atoms with van der Waals surface area (Å²) in [6.45, 7) is 0.184. The van der Waals surface area contributed by atoms with Gasteiger partial charge >= 0.3 is 0 Å². The van der Waals surface area contributed by atoms with E-state index in [1.165, 1.54) is 0 Å². The zero-order chi connectivity index (χ0) is 12.7. The average molecular weight is 350 g/mol. The summed E-state index contributed by atoms with van der Waals surface area (Å²) in [4.78, 5) is 0. The molecule has 0 amide bonds. The molecule has 0 bridgehead atoms. The minimum absolute atomic E-state index is 0.184. The number of ether oxygens (including phenoxy) is 4. The largest absolute Gasteiger partial charge is 0.504 e. The predicted molar refractivity (Wildman–Crippen MR) is 74.3 cm³/mol. The van der Waals surface area contributed by atoms with Crippen molar-refractivity contribution in [2.75, 3.05) is 28.1 Å². The molecule has 0 atom stereocenters. The lowest BCUT2D eigenvalue weighted by atomic mass is 10.2. The quantitative estimate of drug-likeness (QED) is 0.449. The standard InChI is InChI=1S/C12H15IO4/c1-14-7-6-9-4-5-10(16-3)12(11(9)13)17-8-15-2/h4-7H,8H2,1-3H3/b7-6+. The maximum atomic E-state index is 5.50. The highest BCUT2D eigenvalue weighted by Crippen LogP contribution is 2.35. The first-order valence-electron chi connectivity index (χ1n) is 4.92. The molecule has 1 aromatic carbocycles. The van der Waals surface area contributed by atoms with Crippen LogP contribution in [0.5, 0.6) is 11.5 Å². The second-order valence-electron chi connectivity index (χ2n) is 3.09. The van der Waals surface area contributed by atoms with Gasteiger partial charge in [0.05, 0.1) is 24.1 Å². The molecule has 5 heteroatoms. The molecule has 0 spiro atoms. The van der Waals surface area contributed by atoms with E-state index in [-0.39, 0.29) is 6.79 Å². The zero-order valence-electron chi connectivity index (χ0n) is 10.0. The van der Waals surface area contributed by atoms with Gasteiger partial charge in [0.25, 0.3) is 0 Å². The van der Waals surface area contributed by atoms with Crippen LogP contribution in [-0.4, -0.2) is 28.1 Å². The van der Waals surface area contributed by atoms with Crippen LogP contribution in [0.25, 0.3) is 6.08 Å². The Morgan fingerprint density at radius 1 is 1.24 bits per heavy atom. The van der Waals surface area contributed by atoms with E-state index in [4.69, 9.17) is 18.9 Å². The Labute approximate surface area is 115 Å². The van der Waals surface area contributed by atoms with Crippen molar-refractivity contribution < 1.29 is 18.9 Å². The van der Waals surface area contributed by atoms with Crippen molar-refractivity contribution in [1.29, 1.82) is 0 Å². The van der Waals surface area contributed by atoms with E-state index < -0.39 is 0 Å². The molecular formula is C12H15IO4. The summed E-state index contributed by atoms with van der Waals surface area (Å²) in [6.07, 6.45) is 3.48. The second kappa shape index (κ2) is 7.39. The molecule has 0 radical (unpaired) electrons. The van der Waals surface area contributed by atoms with Crippen molar-refractivity contribution >= 4 is 28.7 Å². The number of methoxy groups -OCH3 is 3. The Bertz CT molecular complexity index is 390. The Hall–Kier alpha value is -0.950. The predicted octanol–water partition coefficient (Wildman–Crippen LogP) is 2.90. The molecule has 0 N–H and O–H groups in total. The molecule has 0 unspecified atom stereocenters. The van der Waals surface area contributed by atoms with E-state index in [1.54, 1.807) is 27.6 Å². The lowest BCUT2D eigenvalue weighted by Gasteiger charge is -2.13. The van der Waals surface area contributed by atoms with Crippen LogP contribution < -0.4 is 9.47 Å². The molecule has 0 aromatic heterocycles. The summed E-state index contributed by atoms with van der Waals surface area (Å²) < 4.78 is 21.5. The lowest BCUT2D eigenvalue weighted by Crippen LogP contribution is -2.03. The van der Waals surface area contributed by atoms with Crippen LogP contribution in [-0.2, 0) is 9.47 Å². The van der Waals surface area contributed by atoms with Gasteiger partial charge in [0.2, 0.25) is 0 Å². The zero-order valence-corrected chi connectivity index (χ0v) is 12.2. The third-order valence-electron chi connectivity index (χ3n) is 2.02. The first kappa shape index (κ1) is 14.1. The van der Waals surface area contributed by atoms with Crippen molar-refractivity contribution in [2.24, 2.45) is 0 Å². The van der Waals surface area contributed by atoms with Gasteiger partial charge in [0.15, 0.2) is 18.3 Å². The van der Waals surface area contributed by atoms with Gasteiger partial charge in [-0.3, -0.25) is 0 Å². The maximum Gasteiger partial charge on any atom is 0.188 e. The molecular weight excluding hydrogens is 335 g/mol. The molecule has 4 nitrogen and oxygen atoms in total. The van der Waals surface area contributed by atoms with Gasteiger partial charge in [0.1, 0.15) is 0 Å². The summed E-state index contributed by atoms with van der Waals surface area (Å²) in [5.74, 6) is 1.36. The van der Waals surface area contributed by atoms with Crippen LogP contribution in [0.4, 0.5) is 0 Å². The summed E-state index contributed by atoms with van der Waals surface area (Å²) in [5.41, 5.74) is 0.999. The Morgan fingerprint density at radius 2 is 2.00 bits per heavy atom. The maximum absolute atomic E-state index is 5.50. The van der Waals surface area contributed by atoms with Crippen LogP contribution >= 0.6 is 22.6 Å². The molecule has 0 saturated carbocycles. The first-order chi connectivity index (χ1) is 8.24. The number of halogens is 1.